The van der Waals surface area contributed by atoms with E-state index in [1.54, 1.807) is 13.2 Å². The molecule has 24 heavy (non-hydrogen) atoms. The smallest absolute Gasteiger partial charge is 0.256 e. The van der Waals surface area contributed by atoms with Crippen molar-refractivity contribution in [2.24, 2.45) is 5.73 Å². The molecule has 5 nitrogen and oxygen atoms in total. The van der Waals surface area contributed by atoms with Crippen LogP contribution < -0.4 is 20.8 Å². The van der Waals surface area contributed by atoms with Crippen LogP contribution in [0.1, 0.15) is 5.56 Å². The predicted octanol–water partition coefficient (Wildman–Crippen LogP) is 2.85. The normalized spacial score (nSPS) is 10.8. The Kier molecular flexibility index (Phi) is 4.53. The van der Waals surface area contributed by atoms with E-state index in [9.17, 15) is 4.79 Å². The van der Waals surface area contributed by atoms with Gasteiger partial charge in [0.05, 0.1) is 18.2 Å². The third kappa shape index (κ3) is 2.86. The largest absolute Gasteiger partial charge is 0.497 e. The summed E-state index contributed by atoms with van der Waals surface area (Å²) >= 11 is 0. The molecule has 1 aromatic heterocycles. The molecule has 0 unspecified atom stereocenters. The van der Waals surface area contributed by atoms with Gasteiger partial charge in [0.1, 0.15) is 12.4 Å². The molecular weight excluding hydrogens is 304 g/mol. The number of benzene rings is 2. The molecule has 0 spiro atoms. The fraction of sp³-hybridized carbons (Fsp3) is 0.211. The standard InChI is InChI=1S/C19H20N2O3/c1-12-4-3-5-15-16(12)18(24-11-10-20)17(21-19(15)22)13-6-8-14(23-2)9-7-13/h3-9H,10-11,20H2,1-2H3,(H,21,22). The minimum Gasteiger partial charge on any atom is -0.497 e. The number of hydrogen-bond acceptors (Lipinski definition) is 4. The van der Waals surface area contributed by atoms with Gasteiger partial charge in [0.25, 0.3) is 5.56 Å². The van der Waals surface area contributed by atoms with Crippen LogP contribution in [-0.4, -0.2) is 25.2 Å². The van der Waals surface area contributed by atoms with E-state index in [0.29, 0.717) is 30.0 Å². The summed E-state index contributed by atoms with van der Waals surface area (Å²) < 4.78 is 11.1. The summed E-state index contributed by atoms with van der Waals surface area (Å²) in [5.41, 5.74) is 7.95. The molecule has 3 N–H and O–H groups in total. The molecule has 0 atom stereocenters. The first kappa shape index (κ1) is 16.1. The molecule has 0 saturated heterocycles. The Hall–Kier alpha value is -2.79. The average molecular weight is 324 g/mol. The third-order valence-corrected chi connectivity index (χ3v) is 3.95. The predicted molar refractivity (Wildman–Crippen MR) is 95.8 cm³/mol. The second kappa shape index (κ2) is 6.76. The number of ether oxygens (including phenoxy) is 2. The van der Waals surface area contributed by atoms with Crippen LogP contribution >= 0.6 is 0 Å². The van der Waals surface area contributed by atoms with Gasteiger partial charge in [-0.2, -0.15) is 0 Å². The highest BCUT2D eigenvalue weighted by Crippen LogP contribution is 2.35. The first-order valence-electron chi connectivity index (χ1n) is 7.78. The number of rotatable bonds is 5. The van der Waals surface area contributed by atoms with Crippen molar-refractivity contribution in [1.29, 1.82) is 0 Å². The number of H-pyrrole nitrogens is 1. The van der Waals surface area contributed by atoms with E-state index in [-0.39, 0.29) is 5.56 Å². The van der Waals surface area contributed by atoms with Gasteiger partial charge in [-0.1, -0.05) is 12.1 Å². The van der Waals surface area contributed by atoms with Crippen molar-refractivity contribution < 1.29 is 9.47 Å². The summed E-state index contributed by atoms with van der Waals surface area (Å²) in [5.74, 6) is 1.40. The van der Waals surface area contributed by atoms with Gasteiger partial charge in [-0.25, -0.2) is 0 Å². The second-order valence-corrected chi connectivity index (χ2v) is 5.52. The maximum absolute atomic E-state index is 12.5. The van der Waals surface area contributed by atoms with Crippen molar-refractivity contribution in [2.45, 2.75) is 6.92 Å². The zero-order valence-corrected chi connectivity index (χ0v) is 13.8. The van der Waals surface area contributed by atoms with Crippen LogP contribution in [0.25, 0.3) is 22.0 Å². The van der Waals surface area contributed by atoms with Gasteiger partial charge in [-0.3, -0.25) is 4.79 Å². The zero-order chi connectivity index (χ0) is 17.1. The van der Waals surface area contributed by atoms with Gasteiger partial charge < -0.3 is 20.2 Å². The molecule has 5 heteroatoms. The Labute approximate surface area is 140 Å². The maximum atomic E-state index is 12.5. The van der Waals surface area contributed by atoms with Gasteiger partial charge >= 0.3 is 0 Å². The summed E-state index contributed by atoms with van der Waals surface area (Å²) in [6.07, 6.45) is 0. The van der Waals surface area contributed by atoms with Crippen LogP contribution in [0.2, 0.25) is 0 Å². The highest BCUT2D eigenvalue weighted by molar-refractivity contribution is 5.95. The van der Waals surface area contributed by atoms with E-state index < -0.39 is 0 Å². The lowest BCUT2D eigenvalue weighted by Crippen LogP contribution is -2.15. The van der Waals surface area contributed by atoms with E-state index >= 15 is 0 Å². The molecule has 3 aromatic rings. The molecule has 124 valence electrons. The first-order valence-corrected chi connectivity index (χ1v) is 7.78. The van der Waals surface area contributed by atoms with E-state index in [4.69, 9.17) is 15.2 Å². The number of hydrogen-bond donors (Lipinski definition) is 2. The van der Waals surface area contributed by atoms with Gasteiger partial charge in [-0.05, 0) is 42.8 Å². The number of aromatic nitrogens is 1. The summed E-state index contributed by atoms with van der Waals surface area (Å²) in [6.45, 7) is 2.74. The zero-order valence-electron chi connectivity index (χ0n) is 13.8. The number of aryl methyl sites for hydroxylation is 1. The van der Waals surface area contributed by atoms with Crippen LogP contribution in [0.4, 0.5) is 0 Å². The number of fused-ring (bicyclic) bond motifs is 1. The first-order chi connectivity index (χ1) is 11.7. The lowest BCUT2D eigenvalue weighted by molar-refractivity contribution is 0.332. The number of nitrogens with two attached hydrogens (primary N) is 1. The molecule has 0 aliphatic rings. The van der Waals surface area contributed by atoms with E-state index in [1.165, 1.54) is 0 Å². The SMILES string of the molecule is COc1ccc(-c2[nH]c(=O)c3cccc(C)c3c2OCCN)cc1. The maximum Gasteiger partial charge on any atom is 0.256 e. The Morgan fingerprint density at radius 3 is 2.54 bits per heavy atom. The van der Waals surface area contributed by atoms with E-state index in [0.717, 1.165) is 22.3 Å². The molecule has 0 aliphatic heterocycles. The molecule has 3 rings (SSSR count). The fourth-order valence-electron chi connectivity index (χ4n) is 2.79. The van der Waals surface area contributed by atoms with Crippen molar-refractivity contribution in [3.05, 3.63) is 58.4 Å². The van der Waals surface area contributed by atoms with Crippen molar-refractivity contribution in [2.75, 3.05) is 20.3 Å². The molecule has 0 bridgehead atoms. The Morgan fingerprint density at radius 1 is 1.12 bits per heavy atom. The molecule has 2 aromatic carbocycles. The average Bonchev–Trinajstić information content (AvgIpc) is 2.61. The number of aromatic amines is 1. The Balaban J connectivity index is 2.29. The highest BCUT2D eigenvalue weighted by Gasteiger charge is 2.16. The highest BCUT2D eigenvalue weighted by atomic mass is 16.5. The Bertz CT molecular complexity index is 914. The van der Waals surface area contributed by atoms with E-state index in [2.05, 4.69) is 4.98 Å². The molecule has 0 amide bonds. The van der Waals surface area contributed by atoms with Crippen molar-refractivity contribution >= 4 is 10.8 Å². The number of nitrogens with one attached hydrogen (secondary N) is 1. The summed E-state index contributed by atoms with van der Waals surface area (Å²) in [6, 6.07) is 13.1. The molecule has 1 heterocycles. The third-order valence-electron chi connectivity index (χ3n) is 3.95. The topological polar surface area (TPSA) is 77.3 Å². The van der Waals surface area contributed by atoms with Crippen molar-refractivity contribution in [3.8, 4) is 22.8 Å². The van der Waals surface area contributed by atoms with Gasteiger partial charge in [0.15, 0.2) is 5.75 Å². The molecule has 0 fully saturated rings. The molecule has 0 saturated carbocycles. The molecular formula is C19H20N2O3. The van der Waals surface area contributed by atoms with Crippen LogP contribution in [-0.2, 0) is 0 Å². The van der Waals surface area contributed by atoms with Crippen LogP contribution in [0.3, 0.4) is 0 Å². The number of methoxy groups -OCH3 is 1. The van der Waals surface area contributed by atoms with Crippen LogP contribution in [0.15, 0.2) is 47.3 Å². The Morgan fingerprint density at radius 2 is 1.88 bits per heavy atom. The monoisotopic (exact) mass is 324 g/mol. The van der Waals surface area contributed by atoms with Crippen molar-refractivity contribution in [3.63, 3.8) is 0 Å². The summed E-state index contributed by atoms with van der Waals surface area (Å²) in [5, 5.41) is 1.43. The van der Waals surface area contributed by atoms with Gasteiger partial charge in [0, 0.05) is 17.5 Å². The minimum absolute atomic E-state index is 0.139. The molecule has 0 aliphatic carbocycles. The van der Waals surface area contributed by atoms with E-state index in [1.807, 2.05) is 43.3 Å². The lowest BCUT2D eigenvalue weighted by Gasteiger charge is -2.15. The quantitative estimate of drug-likeness (QED) is 0.756. The molecule has 0 radical (unpaired) electrons. The van der Waals surface area contributed by atoms with Crippen molar-refractivity contribution in [1.82, 2.24) is 4.98 Å². The lowest BCUT2D eigenvalue weighted by atomic mass is 10.0. The minimum atomic E-state index is -0.139. The van der Waals surface area contributed by atoms with Gasteiger partial charge in [-0.15, -0.1) is 0 Å². The van der Waals surface area contributed by atoms with Crippen LogP contribution in [0.5, 0.6) is 11.5 Å². The number of pyridine rings is 1. The second-order valence-electron chi connectivity index (χ2n) is 5.52. The van der Waals surface area contributed by atoms with Crippen LogP contribution in [0, 0.1) is 6.92 Å². The summed E-state index contributed by atoms with van der Waals surface area (Å²) in [4.78, 5) is 15.5. The summed E-state index contributed by atoms with van der Waals surface area (Å²) in [7, 11) is 1.62. The fourth-order valence-corrected chi connectivity index (χ4v) is 2.79. The van der Waals surface area contributed by atoms with Gasteiger partial charge in [0.2, 0.25) is 0 Å².